The molecule has 68 valence electrons. The molecule has 12 heavy (non-hydrogen) atoms. The predicted octanol–water partition coefficient (Wildman–Crippen LogP) is -0.396. The molecule has 0 amide bonds. The van der Waals surface area contributed by atoms with Crippen molar-refractivity contribution in [1.29, 1.82) is 0 Å². The molecule has 0 radical (unpaired) electrons. The Morgan fingerprint density at radius 3 is 1.67 bits per heavy atom. The first-order valence-corrected chi connectivity index (χ1v) is 3.84. The maximum atomic E-state index is 11.4. The fourth-order valence-electron chi connectivity index (χ4n) is 1.02. The van der Waals surface area contributed by atoms with Gasteiger partial charge in [-0.3, -0.25) is 9.13 Å². The van der Waals surface area contributed by atoms with Gasteiger partial charge in [0.15, 0.2) is 0 Å². The Balaban J connectivity index is 3.14. The molecule has 2 unspecified atom stereocenters. The molecule has 5 heteroatoms. The molecular weight excluding hydrogens is 156 g/mol. The lowest BCUT2D eigenvalue weighted by Gasteiger charge is -2.06. The zero-order valence-electron chi connectivity index (χ0n) is 7.27. The van der Waals surface area contributed by atoms with Gasteiger partial charge in [-0.25, -0.2) is 4.79 Å². The standard InChI is InChI=1S/C7H14N4O/c1-5(8)10-3-4-11(6(2)9)7(10)12/h3-6H,8-9H2,1-2H3. The van der Waals surface area contributed by atoms with Crippen LogP contribution >= 0.6 is 0 Å². The van der Waals surface area contributed by atoms with Crippen molar-refractivity contribution in [3.05, 3.63) is 22.9 Å². The molecule has 0 saturated heterocycles. The van der Waals surface area contributed by atoms with E-state index in [1.165, 1.54) is 9.13 Å². The average molecular weight is 170 g/mol. The fourth-order valence-corrected chi connectivity index (χ4v) is 1.02. The maximum Gasteiger partial charge on any atom is 0.330 e. The Morgan fingerprint density at radius 1 is 1.17 bits per heavy atom. The lowest BCUT2D eigenvalue weighted by Crippen LogP contribution is -2.33. The second-order valence-electron chi connectivity index (χ2n) is 2.88. The minimum Gasteiger partial charge on any atom is -0.311 e. The zero-order chi connectivity index (χ0) is 9.30. The van der Waals surface area contributed by atoms with Gasteiger partial charge in [0.05, 0.1) is 12.3 Å². The van der Waals surface area contributed by atoms with Crippen molar-refractivity contribution < 1.29 is 0 Å². The molecule has 1 heterocycles. The average Bonchev–Trinajstić information content (AvgIpc) is 2.30. The molecule has 5 nitrogen and oxygen atoms in total. The zero-order valence-corrected chi connectivity index (χ0v) is 7.27. The maximum absolute atomic E-state index is 11.4. The summed E-state index contributed by atoms with van der Waals surface area (Å²) in [5.74, 6) is 0. The van der Waals surface area contributed by atoms with Gasteiger partial charge in [-0.15, -0.1) is 0 Å². The van der Waals surface area contributed by atoms with Crippen molar-refractivity contribution >= 4 is 0 Å². The minimum absolute atomic E-state index is 0.167. The molecule has 2 atom stereocenters. The van der Waals surface area contributed by atoms with Gasteiger partial charge in [0, 0.05) is 12.4 Å². The SMILES string of the molecule is CC(N)n1ccn(C(C)N)c1=O. The first kappa shape index (κ1) is 9.02. The molecule has 0 saturated carbocycles. The number of hydrogen-bond acceptors (Lipinski definition) is 3. The van der Waals surface area contributed by atoms with Crippen LogP contribution in [0.5, 0.6) is 0 Å². The number of nitrogens with zero attached hydrogens (tertiary/aromatic N) is 2. The number of imidazole rings is 1. The summed E-state index contributed by atoms with van der Waals surface area (Å²) in [5.41, 5.74) is 10.9. The van der Waals surface area contributed by atoms with Crippen LogP contribution in [-0.2, 0) is 0 Å². The first-order chi connectivity index (χ1) is 5.54. The molecule has 0 spiro atoms. The summed E-state index contributed by atoms with van der Waals surface area (Å²) in [7, 11) is 0. The fraction of sp³-hybridized carbons (Fsp3) is 0.571. The predicted molar refractivity (Wildman–Crippen MR) is 46.5 cm³/mol. The first-order valence-electron chi connectivity index (χ1n) is 3.84. The second kappa shape index (κ2) is 3.12. The Bertz CT molecular complexity index is 281. The van der Waals surface area contributed by atoms with Crippen LogP contribution in [0.3, 0.4) is 0 Å². The Hall–Kier alpha value is -1.07. The summed E-state index contributed by atoms with van der Waals surface area (Å²) < 4.78 is 2.87. The van der Waals surface area contributed by atoms with Crippen LogP contribution in [0.1, 0.15) is 26.2 Å². The molecule has 1 rings (SSSR count). The van der Waals surface area contributed by atoms with E-state index < -0.39 is 0 Å². The van der Waals surface area contributed by atoms with Gasteiger partial charge in [-0.05, 0) is 13.8 Å². The smallest absolute Gasteiger partial charge is 0.311 e. The van der Waals surface area contributed by atoms with E-state index in [0.717, 1.165) is 0 Å². The van der Waals surface area contributed by atoms with Crippen LogP contribution < -0.4 is 17.2 Å². The van der Waals surface area contributed by atoms with Crippen molar-refractivity contribution in [2.75, 3.05) is 0 Å². The summed E-state index contributed by atoms with van der Waals surface area (Å²) in [6.45, 7) is 3.49. The monoisotopic (exact) mass is 170 g/mol. The topological polar surface area (TPSA) is 79.0 Å². The Kier molecular flexibility index (Phi) is 2.35. The third-order valence-corrected chi connectivity index (χ3v) is 1.71. The van der Waals surface area contributed by atoms with E-state index in [1.54, 1.807) is 26.2 Å². The Morgan fingerprint density at radius 2 is 1.50 bits per heavy atom. The van der Waals surface area contributed by atoms with Crippen LogP contribution in [-0.4, -0.2) is 9.13 Å². The van der Waals surface area contributed by atoms with Gasteiger partial charge in [0.1, 0.15) is 0 Å². The lowest BCUT2D eigenvalue weighted by molar-refractivity contribution is 0.498. The van der Waals surface area contributed by atoms with Gasteiger partial charge < -0.3 is 11.5 Å². The van der Waals surface area contributed by atoms with Gasteiger partial charge in [0.2, 0.25) is 0 Å². The van der Waals surface area contributed by atoms with Crippen LogP contribution in [0, 0.1) is 0 Å². The quantitative estimate of drug-likeness (QED) is 0.634. The molecular formula is C7H14N4O. The van der Waals surface area contributed by atoms with Crippen molar-refractivity contribution in [3.63, 3.8) is 0 Å². The molecule has 0 aromatic carbocycles. The van der Waals surface area contributed by atoms with E-state index in [0.29, 0.717) is 0 Å². The third-order valence-electron chi connectivity index (χ3n) is 1.71. The van der Waals surface area contributed by atoms with Crippen LogP contribution in [0.25, 0.3) is 0 Å². The molecule has 0 aliphatic heterocycles. The number of nitrogens with two attached hydrogens (primary N) is 2. The summed E-state index contributed by atoms with van der Waals surface area (Å²) >= 11 is 0. The van der Waals surface area contributed by atoms with Gasteiger partial charge in [-0.2, -0.15) is 0 Å². The van der Waals surface area contributed by atoms with E-state index in [4.69, 9.17) is 11.5 Å². The highest BCUT2D eigenvalue weighted by Gasteiger charge is 2.07. The van der Waals surface area contributed by atoms with E-state index >= 15 is 0 Å². The number of rotatable bonds is 2. The Labute approximate surface area is 70.6 Å². The van der Waals surface area contributed by atoms with Gasteiger partial charge >= 0.3 is 5.69 Å². The third kappa shape index (κ3) is 1.41. The van der Waals surface area contributed by atoms with Crippen LogP contribution in [0.15, 0.2) is 17.2 Å². The summed E-state index contributed by atoms with van der Waals surface area (Å²) in [5, 5.41) is 0. The second-order valence-corrected chi connectivity index (χ2v) is 2.88. The van der Waals surface area contributed by atoms with Gasteiger partial charge in [-0.1, -0.05) is 0 Å². The molecule has 0 aliphatic rings. The van der Waals surface area contributed by atoms with Crippen molar-refractivity contribution in [2.24, 2.45) is 11.5 Å². The summed E-state index contributed by atoms with van der Waals surface area (Å²) in [6, 6.07) is 0. The van der Waals surface area contributed by atoms with Crippen LogP contribution in [0.4, 0.5) is 0 Å². The molecule has 1 aromatic rings. The molecule has 0 aliphatic carbocycles. The van der Waals surface area contributed by atoms with E-state index in [-0.39, 0.29) is 18.0 Å². The summed E-state index contributed by atoms with van der Waals surface area (Å²) in [4.78, 5) is 11.4. The van der Waals surface area contributed by atoms with E-state index in [2.05, 4.69) is 0 Å². The highest BCUT2D eigenvalue weighted by molar-refractivity contribution is 4.84. The highest BCUT2D eigenvalue weighted by atomic mass is 16.1. The van der Waals surface area contributed by atoms with Crippen molar-refractivity contribution in [2.45, 2.75) is 26.2 Å². The van der Waals surface area contributed by atoms with E-state index in [1.807, 2.05) is 0 Å². The normalized spacial score (nSPS) is 16.0. The number of aromatic nitrogens is 2. The number of hydrogen-bond donors (Lipinski definition) is 2. The highest BCUT2D eigenvalue weighted by Crippen LogP contribution is 1.96. The van der Waals surface area contributed by atoms with E-state index in [9.17, 15) is 4.79 Å². The van der Waals surface area contributed by atoms with Crippen LogP contribution in [0.2, 0.25) is 0 Å². The van der Waals surface area contributed by atoms with Crippen molar-refractivity contribution in [1.82, 2.24) is 9.13 Å². The van der Waals surface area contributed by atoms with Gasteiger partial charge in [0.25, 0.3) is 0 Å². The molecule has 0 bridgehead atoms. The largest absolute Gasteiger partial charge is 0.330 e. The minimum atomic E-state index is -0.308. The molecule has 0 fully saturated rings. The van der Waals surface area contributed by atoms with Crippen molar-refractivity contribution in [3.8, 4) is 0 Å². The lowest BCUT2D eigenvalue weighted by atomic mass is 10.6. The molecule has 4 N–H and O–H groups in total. The summed E-state index contributed by atoms with van der Waals surface area (Å²) in [6.07, 6.45) is 2.65. The molecule has 1 aromatic heterocycles.